The number of hydrogen-bond acceptors (Lipinski definition) is 13. The number of unbranched alkanes of at least 4 members (excludes halogenated alkanes) is 2. The molecule has 2 unspecified atom stereocenters. The van der Waals surface area contributed by atoms with Crippen molar-refractivity contribution in [3.63, 3.8) is 0 Å². The van der Waals surface area contributed by atoms with Gasteiger partial charge in [0.05, 0.1) is 45.9 Å². The van der Waals surface area contributed by atoms with Crippen molar-refractivity contribution in [2.75, 3.05) is 39.5 Å². The number of ether oxygens (including phenoxy) is 5. The molecule has 0 aromatic heterocycles. The van der Waals surface area contributed by atoms with E-state index >= 15 is 0 Å². The van der Waals surface area contributed by atoms with E-state index in [0.29, 0.717) is 29.8 Å². The van der Waals surface area contributed by atoms with E-state index < -0.39 is 87.9 Å². The topological polar surface area (TPSA) is 299 Å². The van der Waals surface area contributed by atoms with Crippen LogP contribution in [-0.4, -0.2) is 115 Å². The van der Waals surface area contributed by atoms with E-state index in [9.17, 15) is 38.7 Å². The predicted octanol–water partition coefficient (Wildman–Crippen LogP) is 9.32. The minimum Gasteiger partial charge on any atom is -0.478 e. The van der Waals surface area contributed by atoms with Crippen molar-refractivity contribution in [1.29, 1.82) is 0 Å². The van der Waals surface area contributed by atoms with Crippen molar-refractivity contribution in [1.82, 2.24) is 42.2 Å². The van der Waals surface area contributed by atoms with Crippen molar-refractivity contribution < 1.29 is 62.4 Å². The largest absolute Gasteiger partial charge is 0.478 e. The third-order valence-electron chi connectivity index (χ3n) is 13.7. The molecular weight excluding hydrogens is 1030 g/mol. The van der Waals surface area contributed by atoms with Crippen molar-refractivity contribution in [3.8, 4) is 0 Å². The first-order valence-corrected chi connectivity index (χ1v) is 27.0. The number of hydrazine groups is 1. The Morgan fingerprint density at radius 1 is 0.625 bits per heavy atom. The van der Waals surface area contributed by atoms with E-state index in [2.05, 4.69) is 57.8 Å². The Balaban J connectivity index is 1.93. The van der Waals surface area contributed by atoms with Crippen LogP contribution >= 0.6 is 0 Å². The van der Waals surface area contributed by atoms with Crippen molar-refractivity contribution >= 4 is 42.4 Å². The monoisotopic (exact) mass is 1120 g/mol. The van der Waals surface area contributed by atoms with Gasteiger partial charge >= 0.3 is 42.4 Å². The molecule has 0 spiro atoms. The summed E-state index contributed by atoms with van der Waals surface area (Å²) in [6, 6.07) is 14.0. The molecule has 0 radical (unpaired) electrons. The summed E-state index contributed by atoms with van der Waals surface area (Å²) in [5.41, 5.74) is -1.85. The van der Waals surface area contributed by atoms with Gasteiger partial charge in [0.1, 0.15) is 19.8 Å². The number of aliphatic carboxylic acids is 1. The Labute approximate surface area is 473 Å². The van der Waals surface area contributed by atoms with Gasteiger partial charge in [-0.1, -0.05) is 87.9 Å². The standard InChI is InChI=1S/C58H93N9O13/c1-19-21-29-67(30-22-20-2)47(71)61-55(12,13)42-26-24-28-44(35-42)57(16,17)65-51(75)80-58(18,45(68)69)37-79-50(74)63-53(8,9)39(4)33-38(3)52(6,7)62-49(73)78-36-40(5)76-31-32-77-48(72)64-56(14,15)43-27-23-25-41(34-43)54(10,11)60-46(70)66-59/h23-28,33-35,40H,4,19-22,29-32,36-37,59H2,1-3,5-18H3,(H,61,71)(H,62,73)(H,63,74)(H,64,72)(H,65,75)(H,68,69)(H2,60,66,70)/b38-33+. The van der Waals surface area contributed by atoms with Crippen LogP contribution in [0.15, 0.2) is 72.3 Å². The normalized spacial score (nSPS) is 13.5. The summed E-state index contributed by atoms with van der Waals surface area (Å²) in [6.45, 7) is 34.4. The number of carboxylic acid groups (broad SMARTS) is 1. The number of carbonyl (C=O) groups excluding carboxylic acids is 6. The van der Waals surface area contributed by atoms with Crippen molar-refractivity contribution in [2.45, 2.75) is 188 Å². The second-order valence-electron chi connectivity index (χ2n) is 23.4. The van der Waals surface area contributed by atoms with Gasteiger partial charge in [0.2, 0.25) is 5.60 Å². The first kappa shape index (κ1) is 69.0. The highest BCUT2D eigenvalue weighted by molar-refractivity contribution is 5.82. The first-order valence-electron chi connectivity index (χ1n) is 27.0. The molecular formula is C58H93N9O13. The number of nitrogens with one attached hydrogen (secondary N) is 7. The Morgan fingerprint density at radius 3 is 1.54 bits per heavy atom. The van der Waals surface area contributed by atoms with Gasteiger partial charge < -0.3 is 65.6 Å². The zero-order valence-electron chi connectivity index (χ0n) is 50.4. The van der Waals surface area contributed by atoms with Gasteiger partial charge in [-0.3, -0.25) is 5.43 Å². The van der Waals surface area contributed by atoms with Crippen LogP contribution in [0.25, 0.3) is 0 Å². The van der Waals surface area contributed by atoms with E-state index in [1.165, 1.54) is 0 Å². The average Bonchev–Trinajstić information content (AvgIpc) is 3.35. The first-order chi connectivity index (χ1) is 36.9. The summed E-state index contributed by atoms with van der Waals surface area (Å²) in [6.07, 6.45) is 1.31. The average molecular weight is 1120 g/mol. The third-order valence-corrected chi connectivity index (χ3v) is 13.7. The lowest BCUT2D eigenvalue weighted by molar-refractivity contribution is -0.160. The van der Waals surface area contributed by atoms with Crippen LogP contribution in [0.5, 0.6) is 0 Å². The van der Waals surface area contributed by atoms with E-state index in [4.69, 9.17) is 29.5 Å². The van der Waals surface area contributed by atoms with E-state index in [-0.39, 0.29) is 25.9 Å². The number of rotatable bonds is 29. The van der Waals surface area contributed by atoms with Crippen LogP contribution < -0.4 is 43.2 Å². The fraction of sp³-hybridized carbons (Fsp3) is 0.603. The van der Waals surface area contributed by atoms with Gasteiger partial charge in [-0.2, -0.15) is 0 Å². The molecule has 0 heterocycles. The number of urea groups is 2. The summed E-state index contributed by atoms with van der Waals surface area (Å²) >= 11 is 0. The van der Waals surface area contributed by atoms with Crippen LogP contribution in [0.2, 0.25) is 0 Å². The fourth-order valence-corrected chi connectivity index (χ4v) is 7.68. The lowest BCUT2D eigenvalue weighted by Crippen LogP contribution is -2.52. The maximum absolute atomic E-state index is 13.4. The molecule has 0 aliphatic carbocycles. The number of nitrogens with zero attached hydrogens (tertiary/aromatic N) is 1. The Morgan fingerprint density at radius 2 is 1.06 bits per heavy atom. The molecule has 0 saturated carbocycles. The van der Waals surface area contributed by atoms with Gasteiger partial charge in [0.25, 0.3) is 0 Å². The highest BCUT2D eigenvalue weighted by atomic mass is 16.6. The molecule has 448 valence electrons. The second-order valence-corrected chi connectivity index (χ2v) is 23.4. The molecule has 10 N–H and O–H groups in total. The predicted molar refractivity (Wildman–Crippen MR) is 306 cm³/mol. The number of hydrogen-bond donors (Lipinski definition) is 9. The van der Waals surface area contributed by atoms with E-state index in [1.54, 1.807) is 67.5 Å². The van der Waals surface area contributed by atoms with Gasteiger partial charge in [-0.05, 0) is 150 Å². The van der Waals surface area contributed by atoms with Crippen LogP contribution in [0.3, 0.4) is 0 Å². The van der Waals surface area contributed by atoms with Gasteiger partial charge in [0, 0.05) is 13.1 Å². The Hall–Kier alpha value is -7.07. The number of carboxylic acids is 1. The second kappa shape index (κ2) is 29.4. The minimum absolute atomic E-state index is 0.0198. The van der Waals surface area contributed by atoms with Crippen LogP contribution in [-0.2, 0) is 50.6 Å². The number of benzene rings is 2. The van der Waals surface area contributed by atoms with Crippen molar-refractivity contribution in [3.05, 3.63) is 94.6 Å². The summed E-state index contributed by atoms with van der Waals surface area (Å²) in [5.74, 6) is 3.67. The molecule has 2 aromatic rings. The number of carbonyl (C=O) groups is 7. The highest BCUT2D eigenvalue weighted by Crippen LogP contribution is 2.30. The van der Waals surface area contributed by atoms with Gasteiger partial charge in [-0.15, -0.1) is 0 Å². The van der Waals surface area contributed by atoms with Crippen LogP contribution in [0.1, 0.15) is 166 Å². The molecule has 22 nitrogen and oxygen atoms in total. The van der Waals surface area contributed by atoms with E-state index in [0.717, 1.165) is 49.3 Å². The highest BCUT2D eigenvalue weighted by Gasteiger charge is 2.42. The van der Waals surface area contributed by atoms with Crippen LogP contribution in [0, 0.1) is 0 Å². The lowest BCUT2D eigenvalue weighted by Gasteiger charge is -2.34. The molecule has 80 heavy (non-hydrogen) atoms. The van der Waals surface area contributed by atoms with Gasteiger partial charge in [-0.25, -0.2) is 39.4 Å². The van der Waals surface area contributed by atoms with Gasteiger partial charge in [0.15, 0.2) is 0 Å². The Bertz CT molecular complexity index is 2500. The molecule has 0 aliphatic heterocycles. The SMILES string of the molecule is C=C(/C=C(\C)C(C)(C)NC(=O)OCC(C)OCCOC(=O)NC(C)(C)c1cccc(C(C)(C)NC(=O)NN)c1)C(C)(C)NC(=O)OCC(C)(OC(=O)NC(C)(C)c1cccc(C(C)(C)NC(=O)N(CCCC)CCCC)c1)C(=O)O. The van der Waals surface area contributed by atoms with E-state index in [1.807, 2.05) is 88.9 Å². The smallest absolute Gasteiger partial charge is 0.409 e. The molecule has 0 aliphatic rings. The Kier molecular flexibility index (Phi) is 25.4. The molecule has 0 saturated heterocycles. The zero-order chi connectivity index (χ0) is 61.1. The fourth-order valence-electron chi connectivity index (χ4n) is 7.68. The van der Waals surface area contributed by atoms with Crippen LogP contribution in [0.4, 0.5) is 28.8 Å². The maximum Gasteiger partial charge on any atom is 0.409 e. The van der Waals surface area contributed by atoms with Crippen molar-refractivity contribution in [2.24, 2.45) is 5.84 Å². The summed E-state index contributed by atoms with van der Waals surface area (Å²) in [7, 11) is 0. The molecule has 8 amide bonds. The molecule has 2 rings (SSSR count). The minimum atomic E-state index is -2.30. The number of alkyl carbamates (subject to hydrolysis) is 4. The molecule has 2 atom stereocenters. The third kappa shape index (κ3) is 21.9. The molecule has 0 fully saturated rings. The lowest BCUT2D eigenvalue weighted by atomic mass is 9.87. The maximum atomic E-state index is 13.4. The molecule has 2 aromatic carbocycles. The molecule has 22 heteroatoms. The summed E-state index contributed by atoms with van der Waals surface area (Å²) in [4.78, 5) is 91.9. The summed E-state index contributed by atoms with van der Waals surface area (Å²) < 4.78 is 27.2. The zero-order valence-corrected chi connectivity index (χ0v) is 50.4. The molecule has 0 bridgehead atoms. The number of nitrogens with two attached hydrogens (primary N) is 1. The summed E-state index contributed by atoms with van der Waals surface area (Å²) in [5, 5.41) is 27.2. The quantitative estimate of drug-likeness (QED) is 0.00916. The number of amides is 8.